The van der Waals surface area contributed by atoms with Crippen LogP contribution in [0.15, 0.2) is 107 Å². The SMILES string of the molecule is CC[C@H]1O[C@@H](n2cc(C)c(=O)[nH]c2=O)C(OCCCCCCNC(=O)CCCCO[C@@H]2O[C@H](COC(=O)c3ccccc3)[C@H](OC(=O)c3ccccc3)[C@H](OC(=O)c3ccccc3)[C@H]2C)[C@H]1O. The van der Waals surface area contributed by atoms with E-state index in [1.807, 2.05) is 6.92 Å². The molecule has 1 unspecified atom stereocenters. The summed E-state index contributed by atoms with van der Waals surface area (Å²) in [5.41, 5.74) is 0.101. The number of ether oxygens (including phenoxy) is 7. The second-order valence-electron chi connectivity index (χ2n) is 16.7. The molecular weight excluding hydrogens is 867 g/mol. The van der Waals surface area contributed by atoms with Crippen LogP contribution in [0.25, 0.3) is 0 Å². The zero-order valence-corrected chi connectivity index (χ0v) is 38.1. The Labute approximate surface area is 389 Å². The van der Waals surface area contributed by atoms with Crippen LogP contribution in [-0.2, 0) is 38.0 Å². The van der Waals surface area contributed by atoms with Gasteiger partial charge in [0, 0.05) is 43.9 Å². The summed E-state index contributed by atoms with van der Waals surface area (Å²) in [6.45, 7) is 5.90. The number of carbonyl (C=O) groups excluding carboxylic acids is 4. The van der Waals surface area contributed by atoms with Gasteiger partial charge in [0.1, 0.15) is 31.0 Å². The van der Waals surface area contributed by atoms with Gasteiger partial charge in [-0.15, -0.1) is 0 Å². The molecule has 2 fully saturated rings. The first-order chi connectivity index (χ1) is 32.4. The van der Waals surface area contributed by atoms with Crippen LogP contribution in [0.4, 0.5) is 0 Å². The Bertz CT molecular complexity index is 2320. The second-order valence-corrected chi connectivity index (χ2v) is 16.7. The van der Waals surface area contributed by atoms with Gasteiger partial charge in [0.25, 0.3) is 5.56 Å². The van der Waals surface area contributed by atoms with Crippen molar-refractivity contribution in [3.63, 3.8) is 0 Å². The number of aryl methyl sites for hydroxylation is 1. The molecule has 2 aliphatic rings. The molecule has 1 amide bonds. The second kappa shape index (κ2) is 25.2. The Balaban J connectivity index is 0.956. The molecule has 0 aliphatic carbocycles. The standard InChI is InChI=1S/C50H61N3O14/c1-4-37-40(55)43(45(64-37)53-30-32(2)44(56)52-50(53)60)61-28-18-6-5-17-27-51-39(54)26-16-19-29-62-49-33(3)41(66-47(58)35-22-12-8-13-23-35)42(67-48(59)36-24-14-9-15-25-36)38(65-49)31-63-46(57)34-20-10-7-11-21-34/h7-15,20-25,30,33,37-38,40-43,45,49,55H,4-6,16-19,26-29,31H2,1-3H3,(H,51,54)(H,52,56,60)/t33-,37-,38-,40+,41-,42+,43?,45-,49-/m1/s1. The van der Waals surface area contributed by atoms with Gasteiger partial charge in [0.2, 0.25) is 5.91 Å². The number of aromatic amines is 1. The molecule has 3 aromatic carbocycles. The molecule has 17 heteroatoms. The van der Waals surface area contributed by atoms with Crippen molar-refractivity contribution >= 4 is 23.8 Å². The molecule has 2 saturated heterocycles. The lowest BCUT2D eigenvalue weighted by molar-refractivity contribution is -0.281. The molecule has 6 rings (SSSR count). The first kappa shape index (κ1) is 50.4. The minimum atomic E-state index is -1.19. The Morgan fingerprint density at radius 2 is 1.27 bits per heavy atom. The molecule has 0 saturated carbocycles. The third kappa shape index (κ3) is 14.0. The molecule has 3 N–H and O–H groups in total. The number of amides is 1. The van der Waals surface area contributed by atoms with E-state index in [2.05, 4.69) is 10.3 Å². The maximum atomic E-state index is 13.5. The predicted octanol–water partition coefficient (Wildman–Crippen LogP) is 5.43. The largest absolute Gasteiger partial charge is 0.459 e. The fraction of sp³-hybridized carbons (Fsp3) is 0.480. The van der Waals surface area contributed by atoms with Gasteiger partial charge in [-0.25, -0.2) is 19.2 Å². The van der Waals surface area contributed by atoms with E-state index in [-0.39, 0.29) is 31.1 Å². The monoisotopic (exact) mass is 927 g/mol. The maximum absolute atomic E-state index is 13.5. The van der Waals surface area contributed by atoms with E-state index in [0.29, 0.717) is 55.5 Å². The number of aromatic nitrogens is 2. The highest BCUT2D eigenvalue weighted by atomic mass is 16.7. The molecule has 4 aromatic rings. The van der Waals surface area contributed by atoms with Crippen LogP contribution in [0.5, 0.6) is 0 Å². The highest BCUT2D eigenvalue weighted by molar-refractivity contribution is 5.91. The van der Waals surface area contributed by atoms with E-state index in [1.165, 1.54) is 10.8 Å². The number of rotatable bonds is 23. The van der Waals surface area contributed by atoms with Gasteiger partial charge in [-0.3, -0.25) is 19.1 Å². The van der Waals surface area contributed by atoms with Gasteiger partial charge < -0.3 is 43.6 Å². The number of aliphatic hydroxyl groups is 1. The average molecular weight is 928 g/mol. The number of hydrogen-bond donors (Lipinski definition) is 3. The number of nitrogens with one attached hydrogen (secondary N) is 2. The third-order valence-corrected chi connectivity index (χ3v) is 11.8. The maximum Gasteiger partial charge on any atom is 0.338 e. The van der Waals surface area contributed by atoms with Crippen molar-refractivity contribution < 1.29 is 57.4 Å². The zero-order valence-electron chi connectivity index (χ0n) is 38.1. The number of H-pyrrole nitrogens is 1. The van der Waals surface area contributed by atoms with E-state index >= 15 is 0 Å². The molecule has 67 heavy (non-hydrogen) atoms. The number of nitrogens with zero attached hydrogens (tertiary/aromatic N) is 1. The topological polar surface area (TPSA) is 220 Å². The number of benzene rings is 3. The van der Waals surface area contributed by atoms with Crippen molar-refractivity contribution in [2.45, 2.75) is 121 Å². The Morgan fingerprint density at radius 1 is 0.701 bits per heavy atom. The highest BCUT2D eigenvalue weighted by Crippen LogP contribution is 2.34. The summed E-state index contributed by atoms with van der Waals surface area (Å²) in [7, 11) is 0. The Hall–Kier alpha value is -5.98. The number of carbonyl (C=O) groups is 4. The van der Waals surface area contributed by atoms with E-state index in [9.17, 15) is 33.9 Å². The van der Waals surface area contributed by atoms with Gasteiger partial charge in [0.15, 0.2) is 18.6 Å². The van der Waals surface area contributed by atoms with Crippen molar-refractivity contribution in [2.75, 3.05) is 26.4 Å². The molecule has 17 nitrogen and oxygen atoms in total. The molecule has 3 heterocycles. The Kier molecular flexibility index (Phi) is 19.0. The summed E-state index contributed by atoms with van der Waals surface area (Å²) >= 11 is 0. The Morgan fingerprint density at radius 3 is 1.90 bits per heavy atom. The van der Waals surface area contributed by atoms with Gasteiger partial charge in [-0.05, 0) is 75.4 Å². The number of unbranched alkanes of at least 4 members (excludes halogenated alkanes) is 4. The van der Waals surface area contributed by atoms with Crippen molar-refractivity contribution in [2.24, 2.45) is 5.92 Å². The summed E-state index contributed by atoms with van der Waals surface area (Å²) in [6, 6.07) is 25.2. The summed E-state index contributed by atoms with van der Waals surface area (Å²) in [5, 5.41) is 13.8. The molecule has 0 spiro atoms. The number of hydrogen-bond acceptors (Lipinski definition) is 14. The lowest BCUT2D eigenvalue weighted by Crippen LogP contribution is -2.58. The molecule has 0 bridgehead atoms. The van der Waals surface area contributed by atoms with Crippen molar-refractivity contribution in [3.05, 3.63) is 140 Å². The van der Waals surface area contributed by atoms with Crippen LogP contribution in [0, 0.1) is 12.8 Å². The van der Waals surface area contributed by atoms with Crippen LogP contribution in [-0.4, -0.2) is 108 Å². The fourth-order valence-electron chi connectivity index (χ4n) is 7.97. The minimum Gasteiger partial charge on any atom is -0.459 e. The molecule has 360 valence electrons. The first-order valence-electron chi connectivity index (χ1n) is 23.0. The van der Waals surface area contributed by atoms with Crippen LogP contribution >= 0.6 is 0 Å². The number of aliphatic hydroxyl groups excluding tert-OH is 1. The van der Waals surface area contributed by atoms with Gasteiger partial charge in [-0.1, -0.05) is 81.3 Å². The third-order valence-electron chi connectivity index (χ3n) is 11.8. The predicted molar refractivity (Wildman–Crippen MR) is 243 cm³/mol. The quantitative estimate of drug-likeness (QED) is 0.0480. The van der Waals surface area contributed by atoms with E-state index in [0.717, 1.165) is 19.3 Å². The summed E-state index contributed by atoms with van der Waals surface area (Å²) < 4.78 is 43.6. The lowest BCUT2D eigenvalue weighted by Gasteiger charge is -2.44. The lowest BCUT2D eigenvalue weighted by atomic mass is 9.91. The molecule has 9 atom stereocenters. The van der Waals surface area contributed by atoms with Crippen molar-refractivity contribution in [1.82, 2.24) is 14.9 Å². The van der Waals surface area contributed by atoms with Gasteiger partial charge in [-0.2, -0.15) is 0 Å². The summed E-state index contributed by atoms with van der Waals surface area (Å²) in [6.07, 6.45) is -1.08. The molecule has 1 aromatic heterocycles. The molecular formula is C50H61N3O14. The van der Waals surface area contributed by atoms with Crippen LogP contribution in [0.3, 0.4) is 0 Å². The molecule has 2 aliphatic heterocycles. The van der Waals surface area contributed by atoms with Gasteiger partial charge in [0.05, 0.1) is 22.8 Å². The zero-order chi connectivity index (χ0) is 47.7. The first-order valence-corrected chi connectivity index (χ1v) is 23.0. The number of esters is 3. The molecule has 0 radical (unpaired) electrons. The van der Waals surface area contributed by atoms with Crippen LogP contribution < -0.4 is 16.6 Å². The van der Waals surface area contributed by atoms with Gasteiger partial charge >= 0.3 is 23.6 Å². The van der Waals surface area contributed by atoms with E-state index < -0.39 is 84.2 Å². The van der Waals surface area contributed by atoms with Crippen LogP contribution in [0.1, 0.15) is 108 Å². The summed E-state index contributed by atoms with van der Waals surface area (Å²) in [5.74, 6) is -2.69. The fourth-order valence-corrected chi connectivity index (χ4v) is 7.97. The highest BCUT2D eigenvalue weighted by Gasteiger charge is 2.50. The van der Waals surface area contributed by atoms with E-state index in [1.54, 1.807) is 105 Å². The minimum absolute atomic E-state index is 0.0960. The normalized spacial score (nSPS) is 23.6. The van der Waals surface area contributed by atoms with Crippen molar-refractivity contribution in [1.29, 1.82) is 0 Å². The van der Waals surface area contributed by atoms with Crippen molar-refractivity contribution in [3.8, 4) is 0 Å². The van der Waals surface area contributed by atoms with Crippen LogP contribution in [0.2, 0.25) is 0 Å². The average Bonchev–Trinajstić information content (AvgIpc) is 3.66. The van der Waals surface area contributed by atoms with E-state index in [4.69, 9.17) is 33.2 Å². The smallest absolute Gasteiger partial charge is 0.338 e. The summed E-state index contributed by atoms with van der Waals surface area (Å²) in [4.78, 5) is 79.4.